The number of pyridine rings is 1. The zero-order chi connectivity index (χ0) is 59.1. The van der Waals surface area contributed by atoms with Gasteiger partial charge in [-0.2, -0.15) is 0 Å². The van der Waals surface area contributed by atoms with Crippen LogP contribution in [0.1, 0.15) is 115 Å². The van der Waals surface area contributed by atoms with Crippen LogP contribution in [0.15, 0.2) is 176 Å². The van der Waals surface area contributed by atoms with E-state index < -0.39 is 14.9 Å². The molecule has 0 radical (unpaired) electrons. The molecule has 0 aliphatic carbocycles. The van der Waals surface area contributed by atoms with E-state index in [4.69, 9.17) is 14.1 Å². The minimum Gasteiger partial charge on any atom is -0.507 e. The summed E-state index contributed by atoms with van der Waals surface area (Å²) < 4.78 is 27.7. The molecular weight excluding hydrogens is 1170 g/mol. The Morgan fingerprint density at radius 3 is 1.59 bits per heavy atom. The van der Waals surface area contributed by atoms with Crippen LogP contribution < -0.4 is 5.19 Å². The van der Waals surface area contributed by atoms with Gasteiger partial charge in [-0.1, -0.05) is 246 Å². The van der Waals surface area contributed by atoms with Crippen molar-refractivity contribution >= 4 is 24.3 Å². The van der Waals surface area contributed by atoms with Gasteiger partial charge in [0.15, 0.2) is 0 Å². The molecule has 0 aliphatic rings. The van der Waals surface area contributed by atoms with E-state index in [1.165, 1.54) is 5.56 Å². The third-order valence-electron chi connectivity index (χ3n) is 15.6. The van der Waals surface area contributed by atoms with Crippen molar-refractivity contribution in [1.82, 2.24) is 14.5 Å². The van der Waals surface area contributed by atoms with Crippen molar-refractivity contribution in [2.24, 2.45) is 0 Å². The summed E-state index contributed by atoms with van der Waals surface area (Å²) in [7, 11) is -1.75. The van der Waals surface area contributed by atoms with E-state index in [0.29, 0.717) is 17.0 Å². The molecule has 10 aromatic rings. The van der Waals surface area contributed by atoms with Gasteiger partial charge in [-0.25, -0.2) is 4.98 Å². The number of imidazole rings is 1. The molecule has 0 spiro atoms. The number of hydrogen-bond donors (Lipinski definition) is 1. The first-order chi connectivity index (χ1) is 38.4. The van der Waals surface area contributed by atoms with Gasteiger partial charge in [0.25, 0.3) is 0 Å². The Bertz CT molecular complexity index is 3970. The number of aryl methyl sites for hydroxylation is 1. The standard InChI is InChI=1S/C74H78N3OSi.Pt/c1-47-38-58(79(14,15)16)34-35-59(47)51-32-30-48(31-33-51)52-36-37-75-65(42-52)54-39-53(40-55(41-54)71(2,3)4)60-28-23-29-66-67(60)76-70(63-45-57(73(8,9)10)46-64(69(63)78)74(11,12)13)77(66)68-61(49-24-19-17-20-25-49)43-56(72(5,6)7)44-62(68)50-26-21-18-22-27-50;/h17-38,40-46,78H,1-16H3;/q-1;/i1D3;. The first-order valence-electron chi connectivity index (χ1n) is 29.4. The summed E-state index contributed by atoms with van der Waals surface area (Å²) in [5, 5.41) is 14.0. The molecule has 4 nitrogen and oxygen atoms in total. The zero-order valence-electron chi connectivity index (χ0n) is 52.3. The first-order valence-corrected chi connectivity index (χ1v) is 31.4. The third kappa shape index (κ3) is 11.5. The van der Waals surface area contributed by atoms with Gasteiger partial charge in [-0.3, -0.25) is 9.55 Å². The second kappa shape index (κ2) is 21.5. The zero-order valence-corrected chi connectivity index (χ0v) is 52.6. The molecule has 0 unspecified atom stereocenters. The first kappa shape index (κ1) is 53.7. The Hall–Kier alpha value is -6.91. The molecule has 410 valence electrons. The molecule has 0 aliphatic heterocycles. The number of para-hydroxylation sites is 1. The van der Waals surface area contributed by atoms with E-state index in [1.54, 1.807) is 0 Å². The number of benzene rings is 8. The summed E-state index contributed by atoms with van der Waals surface area (Å²) in [6.07, 6.45) is 1.86. The summed E-state index contributed by atoms with van der Waals surface area (Å²) >= 11 is 0. The number of rotatable bonds is 9. The number of phenols is 1. The van der Waals surface area contributed by atoms with Gasteiger partial charge in [-0.05, 0) is 109 Å². The fourth-order valence-corrected chi connectivity index (χ4v) is 11.8. The van der Waals surface area contributed by atoms with Gasteiger partial charge in [0.05, 0.1) is 30.4 Å². The van der Waals surface area contributed by atoms with Crippen LogP contribution in [-0.2, 0) is 42.7 Å². The number of phenolic OH excluding ortho intramolecular Hbond substituents is 1. The second-order valence-electron chi connectivity index (χ2n) is 26.7. The minimum atomic E-state index is -2.25. The summed E-state index contributed by atoms with van der Waals surface area (Å²) in [6.45, 7) is 31.2. The van der Waals surface area contributed by atoms with Gasteiger partial charge in [0, 0.05) is 53.8 Å². The molecule has 0 bridgehead atoms. The summed E-state index contributed by atoms with van der Waals surface area (Å²) in [4.78, 5) is 10.8. The summed E-state index contributed by atoms with van der Waals surface area (Å²) in [5.41, 5.74) is 18.1. The topological polar surface area (TPSA) is 50.9 Å². The van der Waals surface area contributed by atoms with E-state index in [-0.39, 0.29) is 48.5 Å². The molecule has 80 heavy (non-hydrogen) atoms. The predicted octanol–water partition coefficient (Wildman–Crippen LogP) is 19.6. The fourth-order valence-electron chi connectivity index (χ4n) is 10.7. The average molecular weight is 1250 g/mol. The SMILES string of the molecule is [2H]C([2H])([2H])c1cc([Si](C)(C)C)ccc1-c1ccc(-c2ccnc(-c3[c-]c(-c4cccc5c4nc(-c4cc(C(C)(C)C)cc(C(C)(C)C)c4O)n5-c4c(-c5ccccc5)cc(C(C)(C)C)cc4-c4ccccc4)cc(C(C)(C)C)c3)c2)cc1.[Pt]. The van der Waals surface area contributed by atoms with E-state index >= 15 is 0 Å². The monoisotopic (exact) mass is 1250 g/mol. The Balaban J connectivity index is 0.00000828. The van der Waals surface area contributed by atoms with Crippen molar-refractivity contribution in [1.29, 1.82) is 0 Å². The van der Waals surface area contributed by atoms with Crippen LogP contribution in [0.4, 0.5) is 0 Å². The Kier molecular flexibility index (Phi) is 14.5. The van der Waals surface area contributed by atoms with Gasteiger partial charge < -0.3 is 5.11 Å². The van der Waals surface area contributed by atoms with Crippen molar-refractivity contribution < 1.29 is 30.3 Å². The van der Waals surface area contributed by atoms with Crippen molar-refractivity contribution in [3.8, 4) is 89.7 Å². The number of nitrogens with zero attached hydrogens (tertiary/aromatic N) is 3. The molecule has 10 rings (SSSR count). The number of fused-ring (bicyclic) bond motifs is 1. The van der Waals surface area contributed by atoms with E-state index in [9.17, 15) is 5.11 Å². The van der Waals surface area contributed by atoms with Crippen LogP contribution in [0.5, 0.6) is 5.75 Å². The Labute approximate surface area is 497 Å². The average Bonchev–Trinajstić information content (AvgIpc) is 2.51. The number of aromatic nitrogens is 3. The minimum absolute atomic E-state index is 0. The maximum Gasteiger partial charge on any atom is 0.148 e. The van der Waals surface area contributed by atoms with Gasteiger partial charge in [0.2, 0.25) is 0 Å². The van der Waals surface area contributed by atoms with Crippen LogP contribution in [0.25, 0.3) is 95.0 Å². The van der Waals surface area contributed by atoms with Crippen LogP contribution in [-0.4, -0.2) is 27.7 Å². The quantitative estimate of drug-likeness (QED) is 0.116. The number of aromatic hydroxyl groups is 1. The van der Waals surface area contributed by atoms with Gasteiger partial charge >= 0.3 is 0 Å². The van der Waals surface area contributed by atoms with Gasteiger partial charge in [-0.15, -0.1) is 29.3 Å². The smallest absolute Gasteiger partial charge is 0.148 e. The van der Waals surface area contributed by atoms with E-state index in [2.05, 4.69) is 253 Å². The van der Waals surface area contributed by atoms with E-state index in [1.807, 2.05) is 36.5 Å². The summed E-state index contributed by atoms with van der Waals surface area (Å²) in [6, 6.07) is 63.5. The molecule has 2 aromatic heterocycles. The Morgan fingerprint density at radius 2 is 1.02 bits per heavy atom. The van der Waals surface area contributed by atoms with Crippen LogP contribution in [0.3, 0.4) is 0 Å². The summed E-state index contributed by atoms with van der Waals surface area (Å²) in [5.74, 6) is 0.855. The van der Waals surface area contributed by atoms with Gasteiger partial charge in [0.1, 0.15) is 11.6 Å². The van der Waals surface area contributed by atoms with Crippen molar-refractivity contribution in [2.75, 3.05) is 0 Å². The molecule has 0 atom stereocenters. The maximum absolute atomic E-state index is 12.9. The maximum atomic E-state index is 12.9. The normalized spacial score (nSPS) is 13.2. The van der Waals surface area contributed by atoms with Crippen LogP contribution in [0.2, 0.25) is 19.6 Å². The van der Waals surface area contributed by atoms with Crippen LogP contribution >= 0.6 is 0 Å². The second-order valence-corrected chi connectivity index (χ2v) is 31.8. The third-order valence-corrected chi connectivity index (χ3v) is 17.6. The predicted molar refractivity (Wildman–Crippen MR) is 340 cm³/mol. The molecule has 1 N–H and O–H groups in total. The fraction of sp³-hybridized carbons (Fsp3) is 0.270. The molecule has 0 saturated heterocycles. The van der Waals surface area contributed by atoms with Crippen LogP contribution in [0, 0.1) is 12.9 Å². The van der Waals surface area contributed by atoms with E-state index in [0.717, 1.165) is 105 Å². The van der Waals surface area contributed by atoms with Crippen molar-refractivity contribution in [3.05, 3.63) is 210 Å². The molecule has 0 fully saturated rings. The molecule has 0 amide bonds. The Morgan fingerprint density at radius 1 is 0.487 bits per heavy atom. The van der Waals surface area contributed by atoms with Crippen molar-refractivity contribution in [3.63, 3.8) is 0 Å². The molecule has 6 heteroatoms. The van der Waals surface area contributed by atoms with Crippen molar-refractivity contribution in [2.45, 2.75) is 131 Å². The largest absolute Gasteiger partial charge is 0.507 e. The number of hydrogen-bond acceptors (Lipinski definition) is 3. The molecule has 0 saturated carbocycles. The molecular formula is C74H78N3OPtSi-. The molecule has 8 aromatic carbocycles. The molecule has 2 heterocycles.